The molecule has 0 amide bonds. The molecule has 0 aliphatic heterocycles. The Morgan fingerprint density at radius 1 is 0.533 bits per heavy atom. The zero-order valence-corrected chi connectivity index (χ0v) is 32.0. The van der Waals surface area contributed by atoms with Crippen molar-refractivity contribution in [3.63, 3.8) is 0 Å². The van der Waals surface area contributed by atoms with Crippen LogP contribution in [0, 0.1) is 0 Å². The number of carbonyl (C=O) groups excluding carboxylic acids is 3. The first-order chi connectivity index (χ1) is 21.6. The van der Waals surface area contributed by atoms with E-state index in [9.17, 15) is 14.4 Å². The summed E-state index contributed by atoms with van der Waals surface area (Å²) in [7, 11) is 0. The van der Waals surface area contributed by atoms with Crippen LogP contribution < -0.4 is 0 Å². The first kappa shape index (κ1) is 42.5. The van der Waals surface area contributed by atoms with E-state index in [1.807, 2.05) is 0 Å². The maximum Gasteiger partial charge on any atom is 0.338 e. The molecule has 0 aliphatic rings. The molecule has 0 bridgehead atoms. The van der Waals surface area contributed by atoms with Gasteiger partial charge in [-0.05, 0) is 39.0 Å². The Bertz CT molecular complexity index is 1110. The average Bonchev–Trinajstić information content (AvgIpc) is 3.02. The predicted octanol–water partition coefficient (Wildman–Crippen LogP) is 8.24. The molecule has 0 atom stereocenters. The van der Waals surface area contributed by atoms with Crippen molar-refractivity contribution in [3.8, 4) is 0 Å². The van der Waals surface area contributed by atoms with E-state index in [2.05, 4.69) is 6.92 Å². The second kappa shape index (κ2) is 27.8. The molecule has 6 nitrogen and oxygen atoms in total. The van der Waals surface area contributed by atoms with Crippen LogP contribution in [0.3, 0.4) is 0 Å². The van der Waals surface area contributed by atoms with Gasteiger partial charge in [-0.3, -0.25) is 0 Å². The minimum Gasteiger partial charge on any atom is -0.780 e. The molecule has 0 saturated carbocycles. The van der Waals surface area contributed by atoms with Crippen molar-refractivity contribution in [1.29, 1.82) is 0 Å². The summed E-state index contributed by atoms with van der Waals surface area (Å²) in [6.45, 7) is 8.76. The van der Waals surface area contributed by atoms with E-state index in [4.69, 9.17) is 52.1 Å². The molecule has 0 fully saturated rings. The molecule has 0 spiro atoms. The number of benzene rings is 3. The van der Waals surface area contributed by atoms with Crippen LogP contribution in [0.25, 0.3) is 0 Å². The Hall–Kier alpha value is -2.47. The Morgan fingerprint density at radius 3 is 1.11 bits per heavy atom. The quantitative estimate of drug-likeness (QED) is 0.0595. The molecular weight excluding hydrogens is 731 g/mol. The van der Waals surface area contributed by atoms with Gasteiger partial charge in [0.1, 0.15) is 0 Å². The van der Waals surface area contributed by atoms with Gasteiger partial charge in [0.25, 0.3) is 0 Å². The fourth-order valence-corrected chi connectivity index (χ4v) is 4.75. The minimum absolute atomic E-state index is 0.316. The number of unbranched alkanes of at least 4 members (excludes halogenated alkanes) is 5. The Kier molecular flexibility index (Phi) is 26.3. The number of carbonyl (C=O) groups is 3. The molecule has 0 heterocycles. The van der Waals surface area contributed by atoms with E-state index >= 15 is 0 Å². The van der Waals surface area contributed by atoms with Crippen LogP contribution in [0.1, 0.15) is 97.3 Å². The van der Waals surface area contributed by atoms with Gasteiger partial charge in [-0.15, -0.1) is 0 Å². The Morgan fingerprint density at radius 2 is 0.844 bits per heavy atom. The summed E-state index contributed by atoms with van der Waals surface area (Å²) < 4.78 is 15.9. The summed E-state index contributed by atoms with van der Waals surface area (Å²) in [6.07, 6.45) is 8.71. The van der Waals surface area contributed by atoms with Crippen molar-refractivity contribution < 1.29 is 28.6 Å². The van der Waals surface area contributed by atoms with E-state index in [1.54, 1.807) is 116 Å². The summed E-state index contributed by atoms with van der Waals surface area (Å²) in [5, 5.41) is 0. The molecule has 10 heteroatoms. The van der Waals surface area contributed by atoms with Gasteiger partial charge < -0.3 is 52.1 Å². The molecule has 3 aromatic rings. The third-order valence-corrected chi connectivity index (χ3v) is 7.34. The van der Waals surface area contributed by atoms with Crippen LogP contribution in [0.4, 0.5) is 0 Å². The summed E-state index contributed by atoms with van der Waals surface area (Å²) in [5.41, 5.74) is 1.55. The van der Waals surface area contributed by atoms with Gasteiger partial charge in [0.15, 0.2) is 0 Å². The number of esters is 3. The van der Waals surface area contributed by atoms with Gasteiger partial charge in [-0.25, -0.2) is 14.4 Å². The van der Waals surface area contributed by atoms with Gasteiger partial charge in [0.05, 0.1) is 36.5 Å². The summed E-state index contributed by atoms with van der Waals surface area (Å²) in [4.78, 5) is 35.3. The number of rotatable bonds is 12. The maximum absolute atomic E-state index is 11.1. The second-order valence-electron chi connectivity index (χ2n) is 9.26. The van der Waals surface area contributed by atoms with Gasteiger partial charge in [-0.2, -0.15) is 14.7 Å². The summed E-state index contributed by atoms with van der Waals surface area (Å²) in [6, 6.07) is 20.5. The second-order valence-corrected chi connectivity index (χ2v) is 12.1. The van der Waals surface area contributed by atoms with Crippen molar-refractivity contribution >= 4 is 78.3 Å². The van der Waals surface area contributed by atoms with E-state index in [1.165, 1.54) is 43.0 Å². The van der Waals surface area contributed by atoms with Crippen LogP contribution >= 0.6 is 0 Å². The molecule has 3 aromatic carbocycles. The van der Waals surface area contributed by atoms with Crippen LogP contribution in [0.15, 0.2) is 87.5 Å². The normalized spacial score (nSPS) is 9.56. The molecule has 0 radical (unpaired) electrons. The topological polar surface area (TPSA) is 78.9 Å². The smallest absolute Gasteiger partial charge is 0.338 e. The monoisotopic (exact) mass is 776 g/mol. The van der Waals surface area contributed by atoms with E-state index < -0.39 is 0 Å². The molecule has 45 heavy (non-hydrogen) atoms. The molecular formula is C35H44O6S3Sn. The van der Waals surface area contributed by atoms with E-state index in [0.717, 1.165) is 0 Å². The van der Waals surface area contributed by atoms with Gasteiger partial charge >= 0.3 is 90.3 Å². The standard InChI is InChI=1S/3C9H10O2S.C8H17.Sn/c3*1-2-11-9(10)7-4-3-5-8(12)6-7;1-3-5-7-8-6-4-2;/h3*3-6,12H,2H2,1H3;1,3-8H2,2H3;/q;;;;+3/p-3. The Labute approximate surface area is 299 Å². The van der Waals surface area contributed by atoms with Crippen LogP contribution in [-0.4, -0.2) is 60.3 Å². The molecule has 0 saturated heterocycles. The molecule has 0 aliphatic carbocycles. The largest absolute Gasteiger partial charge is 0.780 e. The van der Waals surface area contributed by atoms with Gasteiger partial charge in [0, 0.05) is 0 Å². The average molecular weight is 776 g/mol. The summed E-state index contributed by atoms with van der Waals surface area (Å²) in [5.74, 6) is -0.947. The fraction of sp³-hybridized carbons (Fsp3) is 0.400. The zero-order valence-electron chi connectivity index (χ0n) is 26.7. The molecule has 0 unspecified atom stereocenters. The van der Waals surface area contributed by atoms with E-state index in [0.29, 0.717) is 51.2 Å². The van der Waals surface area contributed by atoms with Gasteiger partial charge in [0.2, 0.25) is 0 Å². The molecule has 242 valence electrons. The predicted molar refractivity (Wildman–Crippen MR) is 188 cm³/mol. The third kappa shape index (κ3) is 21.8. The third-order valence-electron chi connectivity index (χ3n) is 5.57. The SMILES string of the molecule is CCCCCCC[CH2][Sn+3].CCOC(=O)c1cccc([S-])c1.CCOC(=O)c1cccc([S-])c1.CCOC(=O)c1cccc([S-])c1. The number of hydrogen-bond acceptors (Lipinski definition) is 9. The van der Waals surface area contributed by atoms with Crippen molar-refractivity contribution in [2.24, 2.45) is 0 Å². The van der Waals surface area contributed by atoms with Crippen LogP contribution in [0.5, 0.6) is 0 Å². The maximum atomic E-state index is 11.1. The van der Waals surface area contributed by atoms with Crippen molar-refractivity contribution in [3.05, 3.63) is 89.5 Å². The van der Waals surface area contributed by atoms with E-state index in [-0.39, 0.29) is 17.9 Å². The first-order valence-electron chi connectivity index (χ1n) is 15.1. The summed E-state index contributed by atoms with van der Waals surface area (Å²) >= 11 is 16.4. The molecule has 0 N–H and O–H groups in total. The number of hydrogen-bond donors (Lipinski definition) is 0. The van der Waals surface area contributed by atoms with Crippen molar-refractivity contribution in [2.75, 3.05) is 19.8 Å². The van der Waals surface area contributed by atoms with Crippen molar-refractivity contribution in [2.45, 2.75) is 85.3 Å². The Balaban J connectivity index is 0.000000578. The molecule has 0 aromatic heterocycles. The fourth-order valence-electron chi connectivity index (χ4n) is 3.42. The van der Waals surface area contributed by atoms with Gasteiger partial charge in [-0.1, -0.05) is 54.6 Å². The number of ether oxygens (including phenoxy) is 3. The van der Waals surface area contributed by atoms with Crippen LogP contribution in [0.2, 0.25) is 4.44 Å². The molecule has 3 rings (SSSR count). The first-order valence-corrected chi connectivity index (χ1v) is 18.3. The van der Waals surface area contributed by atoms with Crippen LogP contribution in [-0.2, 0) is 52.1 Å². The zero-order chi connectivity index (χ0) is 33.9. The van der Waals surface area contributed by atoms with Crippen molar-refractivity contribution in [1.82, 2.24) is 0 Å². The minimum atomic E-state index is -0.316.